The van der Waals surface area contributed by atoms with E-state index in [2.05, 4.69) is 15.4 Å². The molecule has 10 heteroatoms. The summed E-state index contributed by atoms with van der Waals surface area (Å²) in [6, 6.07) is 3.11. The molecule has 0 saturated carbocycles. The standard InChI is InChI=1S/C10H9ClN6O3/c11-7-1-2-9(15-12)14-8(7)5-16-4-6(17(19)20)3-13-10(16)18/h1-4H,5,12H2,(H,14,15). The predicted octanol–water partition coefficient (Wildman–Crippen LogP) is 0.534. The average Bonchev–Trinajstić information content (AvgIpc) is 2.43. The topological polar surface area (TPSA) is 129 Å². The Morgan fingerprint density at radius 3 is 2.90 bits per heavy atom. The molecule has 0 spiro atoms. The molecule has 2 aromatic heterocycles. The Morgan fingerprint density at radius 1 is 1.50 bits per heavy atom. The van der Waals surface area contributed by atoms with Crippen molar-refractivity contribution in [3.63, 3.8) is 0 Å². The fraction of sp³-hybridized carbons (Fsp3) is 0.100. The van der Waals surface area contributed by atoms with Gasteiger partial charge in [-0.15, -0.1) is 0 Å². The normalized spacial score (nSPS) is 10.3. The molecule has 2 aromatic rings. The zero-order valence-corrected chi connectivity index (χ0v) is 10.7. The highest BCUT2D eigenvalue weighted by atomic mass is 35.5. The lowest BCUT2D eigenvalue weighted by molar-refractivity contribution is -0.385. The van der Waals surface area contributed by atoms with E-state index in [1.807, 2.05) is 0 Å². The van der Waals surface area contributed by atoms with Gasteiger partial charge in [-0.1, -0.05) is 11.6 Å². The molecule has 3 N–H and O–H groups in total. The van der Waals surface area contributed by atoms with Crippen molar-refractivity contribution in [3.05, 3.63) is 55.8 Å². The monoisotopic (exact) mass is 296 g/mol. The van der Waals surface area contributed by atoms with Crippen LogP contribution in [0.3, 0.4) is 0 Å². The molecule has 0 atom stereocenters. The number of anilines is 1. The third-order valence-electron chi connectivity index (χ3n) is 2.44. The van der Waals surface area contributed by atoms with Gasteiger partial charge in [-0.2, -0.15) is 4.98 Å². The van der Waals surface area contributed by atoms with Gasteiger partial charge in [0.15, 0.2) is 0 Å². The molecule has 9 nitrogen and oxygen atoms in total. The highest BCUT2D eigenvalue weighted by Crippen LogP contribution is 2.17. The summed E-state index contributed by atoms with van der Waals surface area (Å²) in [7, 11) is 0. The summed E-state index contributed by atoms with van der Waals surface area (Å²) in [6.07, 6.45) is 1.97. The molecule has 0 bridgehead atoms. The van der Waals surface area contributed by atoms with Crippen molar-refractivity contribution in [2.24, 2.45) is 5.84 Å². The Labute approximate surface area is 117 Å². The van der Waals surface area contributed by atoms with E-state index in [1.54, 1.807) is 12.1 Å². The van der Waals surface area contributed by atoms with Gasteiger partial charge in [0.2, 0.25) is 0 Å². The molecular formula is C10H9ClN6O3. The second-order valence-electron chi connectivity index (χ2n) is 3.75. The smallest absolute Gasteiger partial charge is 0.308 e. The third-order valence-corrected chi connectivity index (χ3v) is 2.78. The maximum atomic E-state index is 11.6. The second-order valence-corrected chi connectivity index (χ2v) is 4.16. The second kappa shape index (κ2) is 5.63. The molecule has 2 rings (SSSR count). The molecule has 0 aliphatic carbocycles. The first kappa shape index (κ1) is 13.9. The van der Waals surface area contributed by atoms with Crippen molar-refractivity contribution < 1.29 is 4.92 Å². The minimum Gasteiger partial charge on any atom is -0.308 e. The number of nitrogens with one attached hydrogen (secondary N) is 1. The van der Waals surface area contributed by atoms with Crippen molar-refractivity contribution in [1.82, 2.24) is 14.5 Å². The number of nitrogen functional groups attached to an aromatic ring is 1. The molecule has 0 saturated heterocycles. The van der Waals surface area contributed by atoms with Crippen LogP contribution in [0.5, 0.6) is 0 Å². The van der Waals surface area contributed by atoms with Crippen LogP contribution in [0.2, 0.25) is 5.02 Å². The van der Waals surface area contributed by atoms with E-state index < -0.39 is 10.6 Å². The summed E-state index contributed by atoms with van der Waals surface area (Å²) in [5.41, 5.74) is 1.75. The van der Waals surface area contributed by atoms with Crippen LogP contribution in [0.25, 0.3) is 0 Å². The third kappa shape index (κ3) is 2.90. The average molecular weight is 297 g/mol. The van der Waals surface area contributed by atoms with Gasteiger partial charge in [-0.3, -0.25) is 14.7 Å². The summed E-state index contributed by atoms with van der Waals surface area (Å²) in [6.45, 7) is -0.0537. The van der Waals surface area contributed by atoms with Crippen LogP contribution < -0.4 is 17.0 Å². The molecule has 0 unspecified atom stereocenters. The molecule has 20 heavy (non-hydrogen) atoms. The maximum Gasteiger partial charge on any atom is 0.348 e. The van der Waals surface area contributed by atoms with E-state index in [0.29, 0.717) is 16.5 Å². The minimum atomic E-state index is -0.643. The van der Waals surface area contributed by atoms with Crippen LogP contribution in [-0.2, 0) is 6.54 Å². The number of nitrogens with two attached hydrogens (primary N) is 1. The van der Waals surface area contributed by atoms with Crippen LogP contribution in [0, 0.1) is 10.1 Å². The van der Waals surface area contributed by atoms with Crippen LogP contribution in [0.1, 0.15) is 5.69 Å². The Bertz CT molecular complexity index is 716. The van der Waals surface area contributed by atoms with Crippen LogP contribution in [0.4, 0.5) is 11.5 Å². The summed E-state index contributed by atoms with van der Waals surface area (Å²) in [5.74, 6) is 5.59. The number of hydrogen-bond donors (Lipinski definition) is 2. The number of nitro groups is 1. The molecular weight excluding hydrogens is 288 g/mol. The van der Waals surface area contributed by atoms with Gasteiger partial charge in [-0.25, -0.2) is 15.6 Å². The van der Waals surface area contributed by atoms with Crippen LogP contribution in [0.15, 0.2) is 29.3 Å². The lowest BCUT2D eigenvalue weighted by atomic mass is 10.3. The number of hydrazine groups is 1. The lowest BCUT2D eigenvalue weighted by Gasteiger charge is -2.07. The highest BCUT2D eigenvalue weighted by molar-refractivity contribution is 6.31. The zero-order chi connectivity index (χ0) is 14.7. The van der Waals surface area contributed by atoms with Crippen molar-refractivity contribution in [3.8, 4) is 0 Å². The Balaban J connectivity index is 2.41. The highest BCUT2D eigenvalue weighted by Gasteiger charge is 2.11. The number of pyridine rings is 1. The van der Waals surface area contributed by atoms with Crippen molar-refractivity contribution in [2.45, 2.75) is 6.54 Å². The number of nitrogens with zero attached hydrogens (tertiary/aromatic N) is 4. The Kier molecular flexibility index (Phi) is 3.91. The van der Waals surface area contributed by atoms with Gasteiger partial charge in [-0.05, 0) is 12.1 Å². The predicted molar refractivity (Wildman–Crippen MR) is 71.3 cm³/mol. The first-order valence-corrected chi connectivity index (χ1v) is 5.72. The number of rotatable bonds is 4. The van der Waals surface area contributed by atoms with E-state index in [0.717, 1.165) is 17.0 Å². The number of aromatic nitrogens is 3. The van der Waals surface area contributed by atoms with Gasteiger partial charge in [0, 0.05) is 0 Å². The van der Waals surface area contributed by atoms with E-state index >= 15 is 0 Å². The molecule has 0 aromatic carbocycles. The molecule has 2 heterocycles. The summed E-state index contributed by atoms with van der Waals surface area (Å²) in [4.78, 5) is 29.1. The van der Waals surface area contributed by atoms with E-state index in [4.69, 9.17) is 17.4 Å². The SMILES string of the molecule is NNc1ccc(Cl)c(Cn2cc([N+](=O)[O-])cnc2=O)n1. The van der Waals surface area contributed by atoms with Gasteiger partial charge < -0.3 is 5.43 Å². The molecule has 0 radical (unpaired) electrons. The lowest BCUT2D eigenvalue weighted by Crippen LogP contribution is -2.23. The van der Waals surface area contributed by atoms with Crippen molar-refractivity contribution in [2.75, 3.05) is 5.43 Å². The first-order valence-electron chi connectivity index (χ1n) is 5.34. The Morgan fingerprint density at radius 2 is 2.25 bits per heavy atom. The quantitative estimate of drug-likeness (QED) is 0.478. The van der Waals surface area contributed by atoms with Crippen LogP contribution >= 0.6 is 11.6 Å². The zero-order valence-electron chi connectivity index (χ0n) is 9.99. The van der Waals surface area contributed by atoms with E-state index in [-0.39, 0.29) is 12.2 Å². The fourth-order valence-electron chi connectivity index (χ4n) is 1.49. The number of hydrogen-bond acceptors (Lipinski definition) is 7. The molecule has 104 valence electrons. The van der Waals surface area contributed by atoms with E-state index in [9.17, 15) is 14.9 Å². The summed E-state index contributed by atoms with van der Waals surface area (Å²) < 4.78 is 1.05. The maximum absolute atomic E-state index is 11.6. The molecule has 0 amide bonds. The van der Waals surface area contributed by atoms with E-state index in [1.165, 1.54) is 0 Å². The molecule has 0 aliphatic rings. The molecule has 0 aliphatic heterocycles. The van der Waals surface area contributed by atoms with Crippen molar-refractivity contribution in [1.29, 1.82) is 0 Å². The van der Waals surface area contributed by atoms with Gasteiger partial charge >= 0.3 is 11.4 Å². The van der Waals surface area contributed by atoms with Gasteiger partial charge in [0.25, 0.3) is 0 Å². The van der Waals surface area contributed by atoms with Gasteiger partial charge in [0.05, 0.1) is 28.4 Å². The van der Waals surface area contributed by atoms with Crippen LogP contribution in [-0.4, -0.2) is 19.5 Å². The molecule has 0 fully saturated rings. The summed E-state index contributed by atoms with van der Waals surface area (Å²) >= 11 is 5.96. The minimum absolute atomic E-state index is 0.0537. The summed E-state index contributed by atoms with van der Waals surface area (Å²) in [5, 5.41) is 11.0. The van der Waals surface area contributed by atoms with Gasteiger partial charge in [0.1, 0.15) is 12.0 Å². The van der Waals surface area contributed by atoms with Crippen molar-refractivity contribution >= 4 is 23.1 Å². The first-order chi connectivity index (χ1) is 9.51. The number of halogens is 1. The largest absolute Gasteiger partial charge is 0.348 e. The fourth-order valence-corrected chi connectivity index (χ4v) is 1.65. The Hall–Kier alpha value is -2.52.